The van der Waals surface area contributed by atoms with Gasteiger partial charge in [0.25, 0.3) is 0 Å². The summed E-state index contributed by atoms with van der Waals surface area (Å²) in [6, 6.07) is 0. The minimum absolute atomic E-state index is 1.21. The van der Waals surface area contributed by atoms with Gasteiger partial charge in [0.15, 0.2) is 0 Å². The van der Waals surface area contributed by atoms with Gasteiger partial charge in [0.2, 0.25) is 0 Å². The molecule has 0 saturated carbocycles. The molecule has 0 spiro atoms. The van der Waals surface area contributed by atoms with Gasteiger partial charge in [-0.05, 0) is 45.4 Å². The van der Waals surface area contributed by atoms with Gasteiger partial charge in [0, 0.05) is 0 Å². The van der Waals surface area contributed by atoms with E-state index in [-0.39, 0.29) is 0 Å². The van der Waals surface area contributed by atoms with Crippen LogP contribution in [0.25, 0.3) is 0 Å². The van der Waals surface area contributed by atoms with Crippen molar-refractivity contribution in [2.45, 2.75) is 45.4 Å². The van der Waals surface area contributed by atoms with Crippen LogP contribution in [0.3, 0.4) is 0 Å². The third-order valence-electron chi connectivity index (χ3n) is 2.36. The Bertz CT molecular complexity index is 206. The molecule has 0 aromatic heterocycles. The zero-order valence-corrected chi connectivity index (χ0v) is 8.63. The maximum Gasteiger partial charge on any atom is -0.0288 e. The van der Waals surface area contributed by atoms with Gasteiger partial charge in [-0.1, -0.05) is 36.0 Å². The maximum atomic E-state index is 2.37. The molecule has 0 amide bonds. The summed E-state index contributed by atoms with van der Waals surface area (Å²) in [5.41, 5.74) is 1.54. The molecule has 0 unspecified atom stereocenters. The Balaban J connectivity index is 2.42. The highest BCUT2D eigenvalue weighted by atomic mass is 13.9. The molecule has 0 fully saturated rings. The highest BCUT2D eigenvalue weighted by Gasteiger charge is 1.88. The summed E-state index contributed by atoms with van der Waals surface area (Å²) >= 11 is 0. The van der Waals surface area contributed by atoms with Gasteiger partial charge >= 0.3 is 0 Å². The smallest absolute Gasteiger partial charge is 0.0288 e. The van der Waals surface area contributed by atoms with Gasteiger partial charge < -0.3 is 0 Å². The molecule has 0 bridgehead atoms. The van der Waals surface area contributed by atoms with Crippen molar-refractivity contribution < 1.29 is 0 Å². The average molecular weight is 176 g/mol. The second-order valence-electron chi connectivity index (χ2n) is 3.69. The Morgan fingerprint density at radius 1 is 0.769 bits per heavy atom. The highest BCUT2D eigenvalue weighted by Crippen LogP contribution is 2.09. The van der Waals surface area contributed by atoms with Crippen LogP contribution >= 0.6 is 0 Å². The molecule has 1 aliphatic carbocycles. The number of hydrogen-bond acceptors (Lipinski definition) is 0. The second kappa shape index (κ2) is 6.71. The molecule has 0 nitrogen and oxygen atoms in total. The zero-order valence-electron chi connectivity index (χ0n) is 8.63. The number of hydrogen-bond donors (Lipinski definition) is 0. The van der Waals surface area contributed by atoms with Crippen molar-refractivity contribution in [2.24, 2.45) is 0 Å². The minimum atomic E-state index is 1.21. The Hall–Kier alpha value is -0.780. The molecule has 0 heteroatoms. The van der Waals surface area contributed by atoms with Crippen molar-refractivity contribution in [3.8, 4) is 0 Å². The molecule has 1 rings (SSSR count). The molecule has 0 N–H and O–H groups in total. The zero-order chi connectivity index (χ0) is 9.36. The van der Waals surface area contributed by atoms with Gasteiger partial charge in [-0.2, -0.15) is 0 Å². The van der Waals surface area contributed by atoms with E-state index in [0.29, 0.717) is 0 Å². The van der Waals surface area contributed by atoms with E-state index in [1.54, 1.807) is 5.57 Å². The van der Waals surface area contributed by atoms with Crippen molar-refractivity contribution in [3.05, 3.63) is 36.0 Å². The fourth-order valence-corrected chi connectivity index (χ4v) is 1.50. The van der Waals surface area contributed by atoms with Gasteiger partial charge in [-0.3, -0.25) is 0 Å². The van der Waals surface area contributed by atoms with Gasteiger partial charge in [-0.25, -0.2) is 0 Å². The summed E-state index contributed by atoms with van der Waals surface area (Å²) in [7, 11) is 0. The molecule has 0 aromatic rings. The first-order valence-corrected chi connectivity index (χ1v) is 5.35. The Morgan fingerprint density at radius 3 is 2.00 bits per heavy atom. The van der Waals surface area contributed by atoms with Crippen LogP contribution in [0.2, 0.25) is 0 Å². The Morgan fingerprint density at radius 2 is 1.31 bits per heavy atom. The molecule has 0 atom stereocenters. The molecule has 0 radical (unpaired) electrons. The van der Waals surface area contributed by atoms with Crippen LogP contribution in [-0.2, 0) is 0 Å². The summed E-state index contributed by atoms with van der Waals surface area (Å²) in [5.74, 6) is 0. The van der Waals surface area contributed by atoms with Gasteiger partial charge in [-0.15, -0.1) is 0 Å². The topological polar surface area (TPSA) is 0 Å². The fraction of sp³-hybridized carbons (Fsp3) is 0.538. The van der Waals surface area contributed by atoms with Crippen LogP contribution in [0.1, 0.15) is 45.4 Å². The predicted molar refractivity (Wildman–Crippen MR) is 59.7 cm³/mol. The standard InChI is InChI=1S/C13H20/c1-13-11-9-7-5-3-2-4-6-8-10-12-13/h3,5-6,8,11H,2,4,7,9-10,12H2,1H3/b5-3+,8-6-,13-11+. The lowest BCUT2D eigenvalue weighted by atomic mass is 10.1. The van der Waals surface area contributed by atoms with Crippen LogP contribution < -0.4 is 0 Å². The molecule has 0 heterocycles. The normalized spacial score (nSPS) is 29.2. The molecule has 0 aliphatic heterocycles. The van der Waals surface area contributed by atoms with Crippen LogP contribution in [0.15, 0.2) is 36.0 Å². The molecular formula is C13H20. The van der Waals surface area contributed by atoms with Crippen molar-refractivity contribution in [1.82, 2.24) is 0 Å². The molecule has 0 saturated heterocycles. The summed E-state index contributed by atoms with van der Waals surface area (Å²) in [5, 5.41) is 0. The van der Waals surface area contributed by atoms with E-state index in [0.717, 1.165) is 0 Å². The van der Waals surface area contributed by atoms with E-state index in [9.17, 15) is 0 Å². The quantitative estimate of drug-likeness (QED) is 0.480. The first-order chi connectivity index (χ1) is 6.39. The molecular weight excluding hydrogens is 156 g/mol. The molecule has 13 heavy (non-hydrogen) atoms. The summed E-state index contributed by atoms with van der Waals surface area (Å²) in [6.07, 6.45) is 18.9. The van der Waals surface area contributed by atoms with E-state index in [4.69, 9.17) is 0 Å². The lowest BCUT2D eigenvalue weighted by Gasteiger charge is -1.98. The Kier molecular flexibility index (Phi) is 5.31. The van der Waals surface area contributed by atoms with Crippen molar-refractivity contribution in [2.75, 3.05) is 0 Å². The third-order valence-corrected chi connectivity index (χ3v) is 2.36. The SMILES string of the molecule is C/C1=C\CC/C=C/CC/C=C\CC1. The second-order valence-corrected chi connectivity index (χ2v) is 3.69. The van der Waals surface area contributed by atoms with Crippen molar-refractivity contribution in [1.29, 1.82) is 0 Å². The van der Waals surface area contributed by atoms with E-state index in [1.807, 2.05) is 0 Å². The molecule has 0 aromatic carbocycles. The van der Waals surface area contributed by atoms with Crippen LogP contribution in [0.4, 0.5) is 0 Å². The lowest BCUT2D eigenvalue weighted by Crippen LogP contribution is -1.78. The van der Waals surface area contributed by atoms with E-state index >= 15 is 0 Å². The third kappa shape index (κ3) is 5.46. The fourth-order valence-electron chi connectivity index (χ4n) is 1.50. The lowest BCUT2D eigenvalue weighted by molar-refractivity contribution is 0.921. The summed E-state index contributed by atoms with van der Waals surface area (Å²) in [6.45, 7) is 2.24. The highest BCUT2D eigenvalue weighted by molar-refractivity contribution is 5.02. The van der Waals surface area contributed by atoms with E-state index < -0.39 is 0 Å². The minimum Gasteiger partial charge on any atom is -0.0882 e. The maximum absolute atomic E-state index is 2.37. The van der Waals surface area contributed by atoms with E-state index in [2.05, 4.69) is 37.3 Å². The van der Waals surface area contributed by atoms with Crippen molar-refractivity contribution >= 4 is 0 Å². The largest absolute Gasteiger partial charge is 0.0882 e. The van der Waals surface area contributed by atoms with Crippen LogP contribution in [0.5, 0.6) is 0 Å². The van der Waals surface area contributed by atoms with Crippen LogP contribution in [0, 0.1) is 0 Å². The van der Waals surface area contributed by atoms with Gasteiger partial charge in [0.1, 0.15) is 0 Å². The van der Waals surface area contributed by atoms with E-state index in [1.165, 1.54) is 38.5 Å². The van der Waals surface area contributed by atoms with Crippen molar-refractivity contribution in [3.63, 3.8) is 0 Å². The predicted octanol–water partition coefficient (Wildman–Crippen LogP) is 4.40. The van der Waals surface area contributed by atoms with Crippen LogP contribution in [-0.4, -0.2) is 0 Å². The Labute approximate surface area is 82.0 Å². The summed E-state index contributed by atoms with van der Waals surface area (Å²) < 4.78 is 0. The number of rotatable bonds is 0. The molecule has 1 aliphatic rings. The monoisotopic (exact) mass is 176 g/mol. The summed E-state index contributed by atoms with van der Waals surface area (Å²) in [4.78, 5) is 0. The molecule has 72 valence electrons. The first-order valence-electron chi connectivity index (χ1n) is 5.35. The average Bonchev–Trinajstić information content (AvgIpc) is 2.11. The first kappa shape index (κ1) is 10.3. The van der Waals surface area contributed by atoms with Gasteiger partial charge in [0.05, 0.1) is 0 Å². The number of allylic oxidation sites excluding steroid dienone is 6.